The molecule has 1 aromatic rings. The number of rotatable bonds is 3. The molecular formula is C16H28N2O. The Hall–Kier alpha value is -0.930. The van der Waals surface area contributed by atoms with Gasteiger partial charge in [0.1, 0.15) is 0 Å². The van der Waals surface area contributed by atoms with Crippen LogP contribution in [0.3, 0.4) is 0 Å². The number of nitrogens with zero attached hydrogens (tertiary/aromatic N) is 2. The van der Waals surface area contributed by atoms with Gasteiger partial charge in [0.25, 0.3) is 0 Å². The summed E-state index contributed by atoms with van der Waals surface area (Å²) < 4.78 is 5.49. The van der Waals surface area contributed by atoms with Crippen LogP contribution in [0.15, 0.2) is 18.3 Å². The van der Waals surface area contributed by atoms with E-state index >= 15 is 0 Å². The third-order valence-corrected chi connectivity index (χ3v) is 3.90. The molecular weight excluding hydrogens is 236 g/mol. The molecule has 1 aliphatic heterocycles. The summed E-state index contributed by atoms with van der Waals surface area (Å²) in [5.41, 5.74) is 2.59. The summed E-state index contributed by atoms with van der Waals surface area (Å²) in [4.78, 5) is 6.85. The number of hydrogen-bond donors (Lipinski definition) is 0. The zero-order valence-electron chi connectivity index (χ0n) is 13.1. The molecule has 1 fully saturated rings. The van der Waals surface area contributed by atoms with Crippen LogP contribution in [0, 0.1) is 0 Å². The quantitative estimate of drug-likeness (QED) is 0.838. The van der Waals surface area contributed by atoms with E-state index in [9.17, 15) is 0 Å². The molecule has 0 amide bonds. The zero-order valence-corrected chi connectivity index (χ0v) is 13.1. The van der Waals surface area contributed by atoms with E-state index in [-0.39, 0.29) is 5.54 Å². The van der Waals surface area contributed by atoms with Gasteiger partial charge in [0.15, 0.2) is 0 Å². The van der Waals surface area contributed by atoms with Crippen molar-refractivity contribution in [1.29, 1.82) is 0 Å². The van der Waals surface area contributed by atoms with Crippen molar-refractivity contribution in [3.05, 3.63) is 29.6 Å². The lowest BCUT2D eigenvalue weighted by Gasteiger charge is -2.43. The molecule has 0 saturated carbocycles. The van der Waals surface area contributed by atoms with Crippen molar-refractivity contribution in [2.75, 3.05) is 27.3 Å². The van der Waals surface area contributed by atoms with E-state index in [1.54, 1.807) is 0 Å². The predicted octanol–water partition coefficient (Wildman–Crippen LogP) is 3.24. The fourth-order valence-electron chi connectivity index (χ4n) is 2.61. The Morgan fingerprint density at radius 1 is 1.21 bits per heavy atom. The molecule has 3 nitrogen and oxygen atoms in total. The molecule has 0 atom stereocenters. The molecule has 108 valence electrons. The predicted molar refractivity (Wildman–Crippen MR) is 80.4 cm³/mol. The van der Waals surface area contributed by atoms with Crippen LogP contribution in [0.5, 0.6) is 0 Å². The summed E-state index contributed by atoms with van der Waals surface area (Å²) in [6, 6.07) is 4.38. The van der Waals surface area contributed by atoms with Gasteiger partial charge in [0, 0.05) is 25.1 Å². The Morgan fingerprint density at radius 3 is 2.26 bits per heavy atom. The van der Waals surface area contributed by atoms with E-state index in [2.05, 4.69) is 43.0 Å². The summed E-state index contributed by atoms with van der Waals surface area (Å²) in [6.07, 6.45) is 5.14. The first kappa shape index (κ1) is 16.1. The minimum Gasteiger partial charge on any atom is -0.381 e. The Balaban J connectivity index is 0.000000861. The lowest BCUT2D eigenvalue weighted by Crippen LogP contribution is -2.45. The van der Waals surface area contributed by atoms with Gasteiger partial charge in [0.2, 0.25) is 0 Å². The van der Waals surface area contributed by atoms with Crippen LogP contribution in [0.1, 0.15) is 44.9 Å². The van der Waals surface area contributed by atoms with Crippen LogP contribution < -0.4 is 0 Å². The van der Waals surface area contributed by atoms with Gasteiger partial charge < -0.3 is 4.74 Å². The van der Waals surface area contributed by atoms with E-state index in [1.807, 2.05) is 20.0 Å². The minimum absolute atomic E-state index is 0.109. The van der Waals surface area contributed by atoms with Gasteiger partial charge in [-0.1, -0.05) is 26.8 Å². The van der Waals surface area contributed by atoms with Gasteiger partial charge in [0.05, 0.1) is 5.54 Å². The van der Waals surface area contributed by atoms with Gasteiger partial charge in [-0.3, -0.25) is 9.88 Å². The highest BCUT2D eigenvalue weighted by molar-refractivity contribution is 5.24. The smallest absolute Gasteiger partial charge is 0.0514 e. The molecule has 3 heteroatoms. The third-order valence-electron chi connectivity index (χ3n) is 3.90. The summed E-state index contributed by atoms with van der Waals surface area (Å²) in [5, 5.41) is 0. The first-order valence-corrected chi connectivity index (χ1v) is 7.39. The van der Waals surface area contributed by atoms with Gasteiger partial charge in [-0.05, 0) is 45.0 Å². The Morgan fingerprint density at radius 2 is 1.84 bits per heavy atom. The molecule has 1 aromatic heterocycles. The van der Waals surface area contributed by atoms with Gasteiger partial charge in [-0.2, -0.15) is 0 Å². The zero-order chi connectivity index (χ0) is 14.3. The van der Waals surface area contributed by atoms with Crippen molar-refractivity contribution in [2.45, 2.75) is 45.6 Å². The highest BCUT2D eigenvalue weighted by atomic mass is 16.5. The van der Waals surface area contributed by atoms with E-state index in [4.69, 9.17) is 4.74 Å². The molecule has 0 spiro atoms. The van der Waals surface area contributed by atoms with Crippen molar-refractivity contribution in [1.82, 2.24) is 9.88 Å². The first-order chi connectivity index (χ1) is 9.19. The fourth-order valence-corrected chi connectivity index (χ4v) is 2.61. The SMILES string of the molecule is CC.CCc1ccc(C2(N(C)C)CCOCC2)cn1. The van der Waals surface area contributed by atoms with E-state index in [1.165, 1.54) is 5.56 Å². The largest absolute Gasteiger partial charge is 0.381 e. The first-order valence-electron chi connectivity index (χ1n) is 7.39. The molecule has 1 saturated heterocycles. The lowest BCUT2D eigenvalue weighted by molar-refractivity contribution is -0.0107. The number of pyridine rings is 1. The molecule has 2 rings (SSSR count). The molecule has 0 radical (unpaired) electrons. The second kappa shape index (κ2) is 7.61. The van der Waals surface area contributed by atoms with Crippen LogP contribution in [0.25, 0.3) is 0 Å². The van der Waals surface area contributed by atoms with Gasteiger partial charge in [-0.15, -0.1) is 0 Å². The third kappa shape index (κ3) is 3.54. The average molecular weight is 264 g/mol. The van der Waals surface area contributed by atoms with Crippen LogP contribution in [0.2, 0.25) is 0 Å². The lowest BCUT2D eigenvalue weighted by atomic mass is 9.82. The van der Waals surface area contributed by atoms with E-state index in [0.29, 0.717) is 0 Å². The highest BCUT2D eigenvalue weighted by Gasteiger charge is 2.36. The summed E-state index contributed by atoms with van der Waals surface area (Å²) >= 11 is 0. The topological polar surface area (TPSA) is 25.4 Å². The average Bonchev–Trinajstić information content (AvgIpc) is 2.50. The van der Waals surface area contributed by atoms with E-state index < -0.39 is 0 Å². The number of aryl methyl sites for hydroxylation is 1. The summed E-state index contributed by atoms with van der Waals surface area (Å²) in [6.45, 7) is 7.82. The molecule has 0 aliphatic carbocycles. The standard InChI is InChI=1S/C14H22N2O.C2H6/c1-4-13-6-5-12(11-15-13)14(16(2)3)7-9-17-10-8-14;1-2/h5-6,11H,4,7-10H2,1-3H3;1-2H3. The Kier molecular flexibility index (Phi) is 6.46. The fraction of sp³-hybridized carbons (Fsp3) is 0.688. The maximum absolute atomic E-state index is 5.49. The molecule has 0 unspecified atom stereocenters. The number of aromatic nitrogens is 1. The maximum atomic E-state index is 5.49. The minimum atomic E-state index is 0.109. The van der Waals surface area contributed by atoms with Crippen molar-refractivity contribution in [2.24, 2.45) is 0 Å². The Labute approximate surface area is 118 Å². The molecule has 1 aliphatic rings. The van der Waals surface area contributed by atoms with E-state index in [0.717, 1.165) is 38.2 Å². The van der Waals surface area contributed by atoms with Crippen molar-refractivity contribution >= 4 is 0 Å². The van der Waals surface area contributed by atoms with Crippen molar-refractivity contribution in [3.63, 3.8) is 0 Å². The maximum Gasteiger partial charge on any atom is 0.0514 e. The molecule has 0 N–H and O–H groups in total. The monoisotopic (exact) mass is 264 g/mol. The number of hydrogen-bond acceptors (Lipinski definition) is 3. The number of ether oxygens (including phenoxy) is 1. The second-order valence-electron chi connectivity index (χ2n) is 4.93. The van der Waals surface area contributed by atoms with Crippen molar-refractivity contribution < 1.29 is 4.74 Å². The van der Waals surface area contributed by atoms with Gasteiger partial charge in [-0.25, -0.2) is 0 Å². The van der Waals surface area contributed by atoms with Crippen molar-refractivity contribution in [3.8, 4) is 0 Å². The van der Waals surface area contributed by atoms with Gasteiger partial charge >= 0.3 is 0 Å². The Bertz CT molecular complexity index is 354. The molecule has 0 bridgehead atoms. The summed E-state index contributed by atoms with van der Waals surface area (Å²) in [7, 11) is 4.30. The molecule has 2 heterocycles. The second-order valence-corrected chi connectivity index (χ2v) is 4.93. The molecule has 19 heavy (non-hydrogen) atoms. The molecule has 0 aromatic carbocycles. The normalized spacial score (nSPS) is 17.8. The summed E-state index contributed by atoms with van der Waals surface area (Å²) in [5.74, 6) is 0. The van der Waals surface area contributed by atoms with Crippen LogP contribution in [-0.2, 0) is 16.7 Å². The van der Waals surface area contributed by atoms with Crippen LogP contribution in [0.4, 0.5) is 0 Å². The van der Waals surface area contributed by atoms with Crippen LogP contribution >= 0.6 is 0 Å². The highest BCUT2D eigenvalue weighted by Crippen LogP contribution is 2.36. The van der Waals surface area contributed by atoms with Crippen LogP contribution in [-0.4, -0.2) is 37.2 Å².